The quantitative estimate of drug-likeness (QED) is 0.819. The van der Waals surface area contributed by atoms with Crippen molar-refractivity contribution >= 4 is 12.0 Å². The minimum absolute atomic E-state index is 0.217. The minimum atomic E-state index is -0.912. The first kappa shape index (κ1) is 13.4. The van der Waals surface area contributed by atoms with E-state index in [-0.39, 0.29) is 5.91 Å². The number of carboxylic acid groups (broad SMARTS) is 1. The van der Waals surface area contributed by atoms with Crippen molar-refractivity contribution in [3.05, 3.63) is 34.9 Å². The molecule has 1 aromatic rings. The summed E-state index contributed by atoms with van der Waals surface area (Å²) in [5.41, 5.74) is 2.52. The second kappa shape index (κ2) is 5.27. The number of amides is 2. The van der Waals surface area contributed by atoms with Crippen LogP contribution in [0.3, 0.4) is 0 Å². The average Bonchev–Trinajstić information content (AvgIpc) is 2.44. The van der Waals surface area contributed by atoms with Crippen LogP contribution < -0.4 is 0 Å². The normalized spacial score (nSPS) is 13.9. The zero-order valence-electron chi connectivity index (χ0n) is 10.9. The highest BCUT2D eigenvalue weighted by Crippen LogP contribution is 2.21. The van der Waals surface area contributed by atoms with Crippen molar-refractivity contribution in [2.24, 2.45) is 0 Å². The molecule has 0 atom stereocenters. The monoisotopic (exact) mass is 264 g/mol. The number of hydroxylamine groups is 2. The first-order chi connectivity index (χ1) is 9.02. The van der Waals surface area contributed by atoms with E-state index < -0.39 is 6.09 Å². The summed E-state index contributed by atoms with van der Waals surface area (Å²) in [5.74, 6) is -0.217. The molecule has 1 aromatic carbocycles. The molecule has 0 radical (unpaired) electrons. The molecule has 2 rings (SSSR count). The van der Waals surface area contributed by atoms with E-state index in [4.69, 9.17) is 9.94 Å². The zero-order valence-corrected chi connectivity index (χ0v) is 10.9. The van der Waals surface area contributed by atoms with Gasteiger partial charge in [-0.2, -0.15) is 0 Å². The van der Waals surface area contributed by atoms with Crippen molar-refractivity contribution in [3.8, 4) is 0 Å². The zero-order chi connectivity index (χ0) is 14.0. The Hall–Kier alpha value is -2.08. The van der Waals surface area contributed by atoms with Crippen molar-refractivity contribution in [2.45, 2.75) is 13.0 Å². The van der Waals surface area contributed by atoms with Crippen molar-refractivity contribution in [1.29, 1.82) is 0 Å². The van der Waals surface area contributed by atoms with Gasteiger partial charge < -0.3 is 10.0 Å². The van der Waals surface area contributed by atoms with Crippen LogP contribution in [-0.2, 0) is 17.8 Å². The third-order valence-electron chi connectivity index (χ3n) is 3.30. The second-order valence-electron chi connectivity index (χ2n) is 4.42. The van der Waals surface area contributed by atoms with Crippen molar-refractivity contribution < 1.29 is 19.5 Å². The van der Waals surface area contributed by atoms with Crippen LogP contribution in [0.5, 0.6) is 0 Å². The molecule has 2 amide bonds. The van der Waals surface area contributed by atoms with Gasteiger partial charge in [-0.3, -0.25) is 9.63 Å². The molecule has 0 aliphatic carbocycles. The molecule has 6 heteroatoms. The highest BCUT2D eigenvalue weighted by Gasteiger charge is 2.21. The lowest BCUT2D eigenvalue weighted by atomic mass is 9.97. The molecule has 0 saturated carbocycles. The van der Waals surface area contributed by atoms with E-state index in [1.54, 1.807) is 19.2 Å². The predicted octanol–water partition coefficient (Wildman–Crippen LogP) is 1.36. The smallest absolute Gasteiger partial charge is 0.407 e. The topological polar surface area (TPSA) is 70.1 Å². The Labute approximate surface area is 111 Å². The minimum Gasteiger partial charge on any atom is -0.465 e. The Morgan fingerprint density at radius 2 is 2.11 bits per heavy atom. The summed E-state index contributed by atoms with van der Waals surface area (Å²) in [6, 6.07) is 5.32. The SMILES string of the molecule is CON(C)C(=O)c1ccc2c(c1)CCN(C(=O)O)C2. The molecule has 102 valence electrons. The molecule has 19 heavy (non-hydrogen) atoms. The summed E-state index contributed by atoms with van der Waals surface area (Å²) in [6.07, 6.45) is -0.288. The maximum Gasteiger partial charge on any atom is 0.407 e. The lowest BCUT2D eigenvalue weighted by molar-refractivity contribution is -0.0757. The van der Waals surface area contributed by atoms with Crippen molar-refractivity contribution in [3.63, 3.8) is 0 Å². The van der Waals surface area contributed by atoms with Gasteiger partial charge in [0.25, 0.3) is 5.91 Å². The van der Waals surface area contributed by atoms with Crippen LogP contribution in [0.25, 0.3) is 0 Å². The Kier molecular flexibility index (Phi) is 3.71. The van der Waals surface area contributed by atoms with Crippen LogP contribution in [0.4, 0.5) is 4.79 Å². The number of hydrogen-bond donors (Lipinski definition) is 1. The first-order valence-electron chi connectivity index (χ1n) is 5.94. The first-order valence-corrected chi connectivity index (χ1v) is 5.94. The average molecular weight is 264 g/mol. The second-order valence-corrected chi connectivity index (χ2v) is 4.42. The summed E-state index contributed by atoms with van der Waals surface area (Å²) in [4.78, 5) is 29.1. The predicted molar refractivity (Wildman–Crippen MR) is 67.7 cm³/mol. The maximum atomic E-state index is 11.9. The molecular formula is C13H16N2O4. The summed E-state index contributed by atoms with van der Waals surface area (Å²) in [5, 5.41) is 10.1. The molecule has 1 heterocycles. The molecule has 1 aliphatic heterocycles. The molecule has 0 bridgehead atoms. The van der Waals surface area contributed by atoms with Gasteiger partial charge in [0.05, 0.1) is 7.11 Å². The Bertz CT molecular complexity index is 515. The Morgan fingerprint density at radius 1 is 1.37 bits per heavy atom. The van der Waals surface area contributed by atoms with Crippen LogP contribution in [0, 0.1) is 0 Å². The molecule has 1 N–H and O–H groups in total. The maximum absolute atomic E-state index is 11.9. The van der Waals surface area contributed by atoms with Crippen molar-refractivity contribution in [2.75, 3.05) is 20.7 Å². The van der Waals surface area contributed by atoms with Crippen LogP contribution in [0.1, 0.15) is 21.5 Å². The molecule has 0 unspecified atom stereocenters. The fourth-order valence-electron chi connectivity index (χ4n) is 2.11. The molecule has 0 saturated heterocycles. The van der Waals surface area contributed by atoms with Gasteiger partial charge in [-0.1, -0.05) is 6.07 Å². The van der Waals surface area contributed by atoms with Crippen LogP contribution in [0.15, 0.2) is 18.2 Å². The highest BCUT2D eigenvalue weighted by molar-refractivity contribution is 5.93. The molecule has 0 fully saturated rings. The van der Waals surface area contributed by atoms with Gasteiger partial charge in [0, 0.05) is 25.7 Å². The molecule has 0 aromatic heterocycles. The van der Waals surface area contributed by atoms with E-state index in [9.17, 15) is 9.59 Å². The molecule has 0 spiro atoms. The Morgan fingerprint density at radius 3 is 2.74 bits per heavy atom. The van der Waals surface area contributed by atoms with Crippen LogP contribution in [0.2, 0.25) is 0 Å². The van der Waals surface area contributed by atoms with Crippen LogP contribution in [-0.4, -0.2) is 47.8 Å². The van der Waals surface area contributed by atoms with E-state index >= 15 is 0 Å². The standard InChI is InChI=1S/C13H16N2O4/c1-14(19-2)12(16)10-3-4-11-8-15(13(17)18)6-5-9(11)7-10/h3-4,7H,5-6,8H2,1-2H3,(H,17,18). The number of fused-ring (bicyclic) bond motifs is 1. The lowest BCUT2D eigenvalue weighted by Crippen LogP contribution is -2.35. The summed E-state index contributed by atoms with van der Waals surface area (Å²) < 4.78 is 0. The molecule has 6 nitrogen and oxygen atoms in total. The van der Waals surface area contributed by atoms with Crippen LogP contribution >= 0.6 is 0 Å². The number of rotatable bonds is 2. The number of carbonyl (C=O) groups excluding carboxylic acids is 1. The number of benzene rings is 1. The van der Waals surface area contributed by atoms with Gasteiger partial charge in [-0.15, -0.1) is 0 Å². The van der Waals surface area contributed by atoms with Gasteiger partial charge in [-0.25, -0.2) is 9.86 Å². The van der Waals surface area contributed by atoms with E-state index in [1.165, 1.54) is 12.0 Å². The van der Waals surface area contributed by atoms with E-state index in [1.807, 2.05) is 6.07 Å². The number of nitrogens with zero attached hydrogens (tertiary/aromatic N) is 2. The van der Waals surface area contributed by atoms with E-state index in [0.29, 0.717) is 25.1 Å². The summed E-state index contributed by atoms with van der Waals surface area (Å²) >= 11 is 0. The highest BCUT2D eigenvalue weighted by atomic mass is 16.7. The van der Waals surface area contributed by atoms with Gasteiger partial charge in [-0.05, 0) is 29.7 Å². The fourth-order valence-corrected chi connectivity index (χ4v) is 2.11. The summed E-state index contributed by atoms with van der Waals surface area (Å²) in [6.45, 7) is 0.833. The largest absolute Gasteiger partial charge is 0.465 e. The van der Waals surface area contributed by atoms with Gasteiger partial charge >= 0.3 is 6.09 Å². The van der Waals surface area contributed by atoms with E-state index in [2.05, 4.69) is 0 Å². The summed E-state index contributed by atoms with van der Waals surface area (Å²) in [7, 11) is 2.98. The van der Waals surface area contributed by atoms with Crippen molar-refractivity contribution in [1.82, 2.24) is 9.96 Å². The number of carbonyl (C=O) groups is 2. The third kappa shape index (κ3) is 2.68. The lowest BCUT2D eigenvalue weighted by Gasteiger charge is -2.26. The molecular weight excluding hydrogens is 248 g/mol. The third-order valence-corrected chi connectivity index (χ3v) is 3.30. The molecule has 1 aliphatic rings. The van der Waals surface area contributed by atoms with E-state index in [0.717, 1.165) is 16.2 Å². The van der Waals surface area contributed by atoms with Gasteiger partial charge in [0.1, 0.15) is 0 Å². The van der Waals surface area contributed by atoms with Gasteiger partial charge in [0.15, 0.2) is 0 Å². The number of hydrogen-bond acceptors (Lipinski definition) is 3. The Balaban J connectivity index is 2.22. The van der Waals surface area contributed by atoms with Gasteiger partial charge in [0.2, 0.25) is 0 Å². The fraction of sp³-hybridized carbons (Fsp3) is 0.385.